The van der Waals surface area contributed by atoms with Gasteiger partial charge < -0.3 is 9.73 Å². The summed E-state index contributed by atoms with van der Waals surface area (Å²) in [4.78, 5) is 12.1. The van der Waals surface area contributed by atoms with Crippen LogP contribution in [0.15, 0.2) is 33.9 Å². The number of sulfone groups is 1. The summed E-state index contributed by atoms with van der Waals surface area (Å²) < 4.78 is 30.1. The molecule has 9 heteroatoms. The molecule has 146 valence electrons. The van der Waals surface area contributed by atoms with Crippen LogP contribution in [-0.2, 0) is 26.8 Å². The van der Waals surface area contributed by atoms with Crippen molar-refractivity contribution in [2.24, 2.45) is 5.92 Å². The number of carbonyl (C=O) groups is 1. The Hall–Kier alpha value is -1.93. The molecule has 7 nitrogen and oxygen atoms in total. The van der Waals surface area contributed by atoms with Gasteiger partial charge in [-0.25, -0.2) is 8.42 Å². The summed E-state index contributed by atoms with van der Waals surface area (Å²) in [5.41, 5.74) is 0.582. The van der Waals surface area contributed by atoms with Gasteiger partial charge in [0.25, 0.3) is 0 Å². The summed E-state index contributed by atoms with van der Waals surface area (Å²) in [6.07, 6.45) is 5.53. The predicted octanol–water partition coefficient (Wildman–Crippen LogP) is 2.94. The summed E-state index contributed by atoms with van der Waals surface area (Å²) in [6.45, 7) is 0.341. The standard InChI is InChI=1S/C18H22ClN3O4S/c19-15-8-6-13(7-9-15)12-27(24,25)18-22-21-16(26-18)10-11-20-17(23)14-4-2-1-3-5-14/h6-9,14H,1-5,10-12H2,(H,20,23). The highest BCUT2D eigenvalue weighted by atomic mass is 35.5. The largest absolute Gasteiger partial charge is 0.412 e. The molecule has 1 heterocycles. The molecule has 0 bridgehead atoms. The van der Waals surface area contributed by atoms with Crippen LogP contribution in [0.25, 0.3) is 0 Å². The summed E-state index contributed by atoms with van der Waals surface area (Å²) >= 11 is 5.80. The van der Waals surface area contributed by atoms with Gasteiger partial charge in [0.1, 0.15) is 0 Å². The topological polar surface area (TPSA) is 102 Å². The van der Waals surface area contributed by atoms with E-state index in [4.69, 9.17) is 16.0 Å². The molecule has 1 N–H and O–H groups in total. The number of rotatable bonds is 7. The van der Waals surface area contributed by atoms with Crippen molar-refractivity contribution in [1.29, 1.82) is 0 Å². The molecule has 0 spiro atoms. The first-order valence-electron chi connectivity index (χ1n) is 9.01. The summed E-state index contributed by atoms with van der Waals surface area (Å²) in [7, 11) is -3.73. The highest BCUT2D eigenvalue weighted by Crippen LogP contribution is 2.23. The summed E-state index contributed by atoms with van der Waals surface area (Å²) in [5.74, 6) is 0.0692. The Bertz CT molecular complexity index is 874. The lowest BCUT2D eigenvalue weighted by Gasteiger charge is -2.20. The molecule has 0 unspecified atom stereocenters. The van der Waals surface area contributed by atoms with E-state index in [1.54, 1.807) is 24.3 Å². The molecule has 1 aliphatic carbocycles. The molecular weight excluding hydrogens is 390 g/mol. The first kappa shape index (κ1) is 19.8. The van der Waals surface area contributed by atoms with Crippen LogP contribution in [0.3, 0.4) is 0 Å². The molecule has 1 aromatic carbocycles. The van der Waals surface area contributed by atoms with Gasteiger partial charge in [-0.15, -0.1) is 5.10 Å². The maximum atomic E-state index is 12.4. The quantitative estimate of drug-likeness (QED) is 0.751. The Balaban J connectivity index is 1.52. The number of nitrogens with one attached hydrogen (secondary N) is 1. The molecular formula is C18H22ClN3O4S. The normalized spacial score (nSPS) is 15.6. The third-order valence-electron chi connectivity index (χ3n) is 4.60. The predicted molar refractivity (Wildman–Crippen MR) is 99.9 cm³/mol. The van der Waals surface area contributed by atoms with Gasteiger partial charge in [-0.2, -0.15) is 0 Å². The molecule has 1 amide bonds. The molecule has 1 aliphatic rings. The first-order chi connectivity index (χ1) is 12.9. The molecule has 1 aromatic heterocycles. The number of halogens is 1. The van der Waals surface area contributed by atoms with E-state index in [-0.39, 0.29) is 23.5 Å². The molecule has 0 aliphatic heterocycles. The molecule has 3 rings (SSSR count). The molecule has 27 heavy (non-hydrogen) atoms. The number of amides is 1. The average Bonchev–Trinajstić information content (AvgIpc) is 3.14. The van der Waals surface area contributed by atoms with Crippen molar-refractivity contribution in [1.82, 2.24) is 15.5 Å². The molecule has 0 saturated heterocycles. The van der Waals surface area contributed by atoms with Crippen LogP contribution in [0, 0.1) is 5.92 Å². The van der Waals surface area contributed by atoms with Crippen LogP contribution in [0.2, 0.25) is 5.02 Å². The zero-order valence-electron chi connectivity index (χ0n) is 14.9. The third-order valence-corrected chi connectivity index (χ3v) is 6.26. The van der Waals surface area contributed by atoms with Crippen molar-refractivity contribution in [3.63, 3.8) is 0 Å². The van der Waals surface area contributed by atoms with Gasteiger partial charge in [0.15, 0.2) is 0 Å². The van der Waals surface area contributed by atoms with Gasteiger partial charge in [0.2, 0.25) is 21.6 Å². The second-order valence-corrected chi connectivity index (χ2v) is 9.03. The Morgan fingerprint density at radius 2 is 1.85 bits per heavy atom. The maximum absolute atomic E-state index is 12.4. The van der Waals surface area contributed by atoms with Crippen LogP contribution >= 0.6 is 11.6 Å². The Morgan fingerprint density at radius 3 is 2.56 bits per heavy atom. The van der Waals surface area contributed by atoms with Crippen LogP contribution in [0.5, 0.6) is 0 Å². The van der Waals surface area contributed by atoms with E-state index in [2.05, 4.69) is 15.5 Å². The van der Waals surface area contributed by atoms with E-state index < -0.39 is 15.1 Å². The lowest BCUT2D eigenvalue weighted by Crippen LogP contribution is -2.33. The van der Waals surface area contributed by atoms with Crippen molar-refractivity contribution < 1.29 is 17.6 Å². The number of carbonyl (C=O) groups excluding carboxylic acids is 1. The maximum Gasteiger partial charge on any atom is 0.335 e. The van der Waals surface area contributed by atoms with Gasteiger partial charge in [-0.3, -0.25) is 4.79 Å². The van der Waals surface area contributed by atoms with E-state index in [0.29, 0.717) is 23.6 Å². The van der Waals surface area contributed by atoms with Crippen molar-refractivity contribution in [3.05, 3.63) is 40.7 Å². The van der Waals surface area contributed by atoms with Crippen molar-refractivity contribution >= 4 is 27.3 Å². The Kier molecular flexibility index (Phi) is 6.49. The van der Waals surface area contributed by atoms with Crippen LogP contribution in [0.4, 0.5) is 0 Å². The molecule has 2 aromatic rings. The van der Waals surface area contributed by atoms with Crippen LogP contribution < -0.4 is 5.32 Å². The fourth-order valence-electron chi connectivity index (χ4n) is 3.13. The van der Waals surface area contributed by atoms with E-state index in [9.17, 15) is 13.2 Å². The summed E-state index contributed by atoms with van der Waals surface area (Å²) in [5, 5.41) is 10.4. The van der Waals surface area contributed by atoms with Crippen molar-refractivity contribution in [3.8, 4) is 0 Å². The van der Waals surface area contributed by atoms with Gasteiger partial charge in [0, 0.05) is 23.9 Å². The van der Waals surface area contributed by atoms with Crippen LogP contribution in [-0.4, -0.2) is 31.1 Å². The van der Waals surface area contributed by atoms with E-state index in [0.717, 1.165) is 25.7 Å². The fraction of sp³-hybridized carbons (Fsp3) is 0.500. The van der Waals surface area contributed by atoms with E-state index in [1.807, 2.05) is 0 Å². The third kappa shape index (κ3) is 5.52. The number of hydrogen-bond acceptors (Lipinski definition) is 6. The fourth-order valence-corrected chi connectivity index (χ4v) is 4.40. The minimum absolute atomic E-state index is 0.0461. The van der Waals surface area contributed by atoms with Gasteiger partial charge in [0.05, 0.1) is 5.75 Å². The monoisotopic (exact) mass is 411 g/mol. The van der Waals surface area contributed by atoms with Crippen LogP contribution in [0.1, 0.15) is 43.6 Å². The molecule has 0 radical (unpaired) electrons. The summed E-state index contributed by atoms with van der Waals surface area (Å²) in [6, 6.07) is 6.53. The zero-order valence-corrected chi connectivity index (χ0v) is 16.4. The second-order valence-electron chi connectivity index (χ2n) is 6.72. The zero-order chi connectivity index (χ0) is 19.3. The van der Waals surface area contributed by atoms with Gasteiger partial charge in [-0.1, -0.05) is 48.1 Å². The molecule has 0 atom stereocenters. The number of hydrogen-bond donors (Lipinski definition) is 1. The smallest absolute Gasteiger partial charge is 0.335 e. The number of aromatic nitrogens is 2. The average molecular weight is 412 g/mol. The van der Waals surface area contributed by atoms with E-state index in [1.165, 1.54) is 6.42 Å². The Labute approximate surface area is 163 Å². The SMILES string of the molecule is O=C(NCCc1nnc(S(=O)(=O)Cc2ccc(Cl)cc2)o1)C1CCCCC1. The Morgan fingerprint density at radius 1 is 1.15 bits per heavy atom. The highest BCUT2D eigenvalue weighted by molar-refractivity contribution is 7.90. The lowest BCUT2D eigenvalue weighted by molar-refractivity contribution is -0.125. The first-order valence-corrected chi connectivity index (χ1v) is 11.0. The second kappa shape index (κ2) is 8.84. The minimum atomic E-state index is -3.73. The molecule has 1 saturated carbocycles. The number of benzene rings is 1. The van der Waals surface area contributed by atoms with E-state index >= 15 is 0 Å². The van der Waals surface area contributed by atoms with Gasteiger partial charge >= 0.3 is 5.22 Å². The lowest BCUT2D eigenvalue weighted by atomic mass is 9.89. The van der Waals surface area contributed by atoms with Crippen molar-refractivity contribution in [2.45, 2.75) is 49.5 Å². The minimum Gasteiger partial charge on any atom is -0.412 e. The van der Waals surface area contributed by atoms with Crippen molar-refractivity contribution in [2.75, 3.05) is 6.54 Å². The number of nitrogens with zero attached hydrogens (tertiary/aromatic N) is 2. The van der Waals surface area contributed by atoms with Gasteiger partial charge in [-0.05, 0) is 30.5 Å². The molecule has 1 fully saturated rings. The highest BCUT2D eigenvalue weighted by Gasteiger charge is 2.24.